The minimum atomic E-state index is -1.02. The van der Waals surface area contributed by atoms with Gasteiger partial charge in [-0.3, -0.25) is 9.69 Å². The number of hydrogen-bond acceptors (Lipinski definition) is 4. The number of thiophene rings is 1. The maximum Gasteiger partial charge on any atom is 0.327 e. The summed E-state index contributed by atoms with van der Waals surface area (Å²) in [6, 6.07) is 1.12. The molecule has 0 bridgehead atoms. The van der Waals surface area contributed by atoms with Crippen molar-refractivity contribution < 1.29 is 14.7 Å². The van der Waals surface area contributed by atoms with Crippen molar-refractivity contribution in [1.82, 2.24) is 10.2 Å². The number of nitrogens with one attached hydrogen (secondary N) is 1. The zero-order chi connectivity index (χ0) is 13.7. The van der Waals surface area contributed by atoms with Gasteiger partial charge in [0.15, 0.2) is 0 Å². The van der Waals surface area contributed by atoms with Crippen LogP contribution in [0.2, 0.25) is 0 Å². The van der Waals surface area contributed by atoms with Crippen LogP contribution in [-0.2, 0) is 16.1 Å². The lowest BCUT2D eigenvalue weighted by molar-refractivity contribution is -0.142. The van der Waals surface area contributed by atoms with Crippen LogP contribution in [-0.4, -0.2) is 41.5 Å². The van der Waals surface area contributed by atoms with E-state index in [0.29, 0.717) is 6.54 Å². The average molecular weight is 335 g/mol. The Morgan fingerprint density at radius 2 is 2.28 bits per heavy atom. The Balaban J connectivity index is 2.53. The second-order valence-electron chi connectivity index (χ2n) is 4.02. The fourth-order valence-electron chi connectivity index (χ4n) is 1.51. The van der Waals surface area contributed by atoms with Gasteiger partial charge in [0, 0.05) is 34.7 Å². The van der Waals surface area contributed by atoms with Crippen LogP contribution in [0.3, 0.4) is 0 Å². The van der Waals surface area contributed by atoms with E-state index in [-0.39, 0.29) is 12.5 Å². The minimum absolute atomic E-state index is 0.268. The molecule has 0 aromatic carbocycles. The van der Waals surface area contributed by atoms with Crippen LogP contribution in [0, 0.1) is 0 Å². The molecule has 1 heterocycles. The van der Waals surface area contributed by atoms with Gasteiger partial charge in [0.25, 0.3) is 0 Å². The van der Waals surface area contributed by atoms with Gasteiger partial charge in [-0.15, -0.1) is 11.3 Å². The number of hydrogen-bond donors (Lipinski definition) is 2. The van der Waals surface area contributed by atoms with E-state index in [1.807, 2.05) is 23.4 Å². The lowest BCUT2D eigenvalue weighted by Gasteiger charge is -2.21. The maximum absolute atomic E-state index is 11.0. The van der Waals surface area contributed by atoms with Gasteiger partial charge in [-0.05, 0) is 29.0 Å². The third kappa shape index (κ3) is 5.16. The van der Waals surface area contributed by atoms with Crippen molar-refractivity contribution in [3.8, 4) is 0 Å². The van der Waals surface area contributed by atoms with Crippen LogP contribution in [0.15, 0.2) is 15.9 Å². The van der Waals surface area contributed by atoms with Gasteiger partial charge in [-0.2, -0.15) is 0 Å². The Kier molecular flexibility index (Phi) is 5.77. The van der Waals surface area contributed by atoms with E-state index in [9.17, 15) is 9.59 Å². The van der Waals surface area contributed by atoms with E-state index in [0.717, 1.165) is 9.35 Å². The second-order valence-corrected chi connectivity index (χ2v) is 5.93. The Morgan fingerprint density at radius 1 is 1.61 bits per heavy atom. The van der Waals surface area contributed by atoms with Crippen LogP contribution >= 0.6 is 27.3 Å². The summed E-state index contributed by atoms with van der Waals surface area (Å²) in [7, 11) is 1.82. The summed E-state index contributed by atoms with van der Waals surface area (Å²) < 4.78 is 1.02. The zero-order valence-corrected chi connectivity index (χ0v) is 12.5. The number of aliphatic carboxylic acids is 1. The summed E-state index contributed by atoms with van der Waals surface area (Å²) in [5, 5.41) is 13.4. The number of likely N-dealkylation sites (N-methyl/N-ethyl adjacent to an activating group) is 1. The molecule has 1 unspecified atom stereocenters. The van der Waals surface area contributed by atoms with Crippen molar-refractivity contribution in [2.24, 2.45) is 0 Å². The third-order valence-electron chi connectivity index (χ3n) is 2.22. The molecule has 1 aromatic heterocycles. The van der Waals surface area contributed by atoms with Gasteiger partial charge >= 0.3 is 5.97 Å². The maximum atomic E-state index is 11.0. The monoisotopic (exact) mass is 334 g/mol. The number of nitrogens with zero attached hydrogens (tertiary/aromatic N) is 1. The van der Waals surface area contributed by atoms with E-state index in [1.165, 1.54) is 6.92 Å². The van der Waals surface area contributed by atoms with Crippen LogP contribution in [0.25, 0.3) is 0 Å². The Morgan fingerprint density at radius 3 is 2.72 bits per heavy atom. The molecule has 0 aliphatic carbocycles. The zero-order valence-electron chi connectivity index (χ0n) is 10.1. The molecule has 5 nitrogen and oxygen atoms in total. The third-order valence-corrected chi connectivity index (χ3v) is 3.90. The molecule has 1 rings (SSSR count). The number of carboxylic acid groups (broad SMARTS) is 1. The van der Waals surface area contributed by atoms with E-state index < -0.39 is 12.0 Å². The van der Waals surface area contributed by atoms with E-state index >= 15 is 0 Å². The normalized spacial score (nSPS) is 12.4. The summed E-state index contributed by atoms with van der Waals surface area (Å²) in [5.41, 5.74) is 0. The quantitative estimate of drug-likeness (QED) is 0.827. The average Bonchev–Trinajstić information content (AvgIpc) is 2.62. The molecule has 100 valence electrons. The Labute approximate surface area is 118 Å². The summed E-state index contributed by atoms with van der Waals surface area (Å²) in [6.45, 7) is 2.23. The number of carboxylic acids is 1. The molecule has 0 aliphatic rings. The van der Waals surface area contributed by atoms with Crippen LogP contribution in [0.1, 0.15) is 11.8 Å². The molecule has 1 atom stereocenters. The predicted octanol–water partition coefficient (Wildman–Crippen LogP) is 1.53. The van der Waals surface area contributed by atoms with E-state index in [2.05, 4.69) is 21.2 Å². The fraction of sp³-hybridized carbons (Fsp3) is 0.455. The summed E-state index contributed by atoms with van der Waals surface area (Å²) in [4.78, 5) is 24.9. The standard InChI is InChI=1S/C11H15BrN2O3S/c1-7(15)13-10(11(16)17)5-14(2)4-9-3-8(12)6-18-9/h3,6,10H,4-5H2,1-2H3,(H,13,15)(H,16,17). The van der Waals surface area contributed by atoms with Crippen molar-refractivity contribution >= 4 is 39.1 Å². The van der Waals surface area contributed by atoms with Crippen molar-refractivity contribution in [2.75, 3.05) is 13.6 Å². The van der Waals surface area contributed by atoms with Crippen LogP contribution in [0.4, 0.5) is 0 Å². The molecule has 0 fully saturated rings. The highest BCUT2D eigenvalue weighted by molar-refractivity contribution is 9.10. The molecule has 18 heavy (non-hydrogen) atoms. The highest BCUT2D eigenvalue weighted by Gasteiger charge is 2.20. The van der Waals surface area contributed by atoms with E-state index in [4.69, 9.17) is 5.11 Å². The SMILES string of the molecule is CC(=O)NC(CN(C)Cc1cc(Br)cs1)C(=O)O. The lowest BCUT2D eigenvalue weighted by atomic mass is 10.2. The highest BCUT2D eigenvalue weighted by atomic mass is 79.9. The van der Waals surface area contributed by atoms with Crippen molar-refractivity contribution in [2.45, 2.75) is 19.5 Å². The molecule has 2 N–H and O–H groups in total. The van der Waals surface area contributed by atoms with E-state index in [1.54, 1.807) is 11.3 Å². The molecule has 0 saturated carbocycles. The molecule has 7 heteroatoms. The number of rotatable bonds is 6. The first-order valence-electron chi connectivity index (χ1n) is 5.30. The molecule has 0 aliphatic heterocycles. The van der Waals surface area contributed by atoms with Crippen molar-refractivity contribution in [1.29, 1.82) is 0 Å². The Hall–Kier alpha value is -0.920. The molecule has 1 amide bonds. The minimum Gasteiger partial charge on any atom is -0.480 e. The smallest absolute Gasteiger partial charge is 0.327 e. The predicted molar refractivity (Wildman–Crippen MR) is 73.6 cm³/mol. The molecule has 0 saturated heterocycles. The van der Waals surface area contributed by atoms with Gasteiger partial charge in [0.05, 0.1) is 0 Å². The van der Waals surface area contributed by atoms with Gasteiger partial charge in [0.2, 0.25) is 5.91 Å². The molecular formula is C11H15BrN2O3S. The fourth-order valence-corrected chi connectivity index (χ4v) is 3.04. The second kappa shape index (κ2) is 6.86. The molecular weight excluding hydrogens is 320 g/mol. The summed E-state index contributed by atoms with van der Waals surface area (Å²) >= 11 is 4.97. The number of halogens is 1. The summed E-state index contributed by atoms with van der Waals surface area (Å²) in [5.74, 6) is -1.36. The van der Waals surface area contributed by atoms with Crippen molar-refractivity contribution in [3.63, 3.8) is 0 Å². The highest BCUT2D eigenvalue weighted by Crippen LogP contribution is 2.20. The van der Waals surface area contributed by atoms with Gasteiger partial charge in [0.1, 0.15) is 6.04 Å². The lowest BCUT2D eigenvalue weighted by Crippen LogP contribution is -2.46. The van der Waals surface area contributed by atoms with Crippen LogP contribution < -0.4 is 5.32 Å². The first kappa shape index (κ1) is 15.1. The number of amides is 1. The van der Waals surface area contributed by atoms with Crippen molar-refractivity contribution in [3.05, 3.63) is 20.8 Å². The van der Waals surface area contributed by atoms with Gasteiger partial charge in [-0.25, -0.2) is 4.79 Å². The largest absolute Gasteiger partial charge is 0.480 e. The first-order valence-corrected chi connectivity index (χ1v) is 6.97. The molecule has 0 radical (unpaired) electrons. The Bertz CT molecular complexity index is 436. The van der Waals surface area contributed by atoms with Crippen LogP contribution in [0.5, 0.6) is 0 Å². The molecule has 0 spiro atoms. The van der Waals surface area contributed by atoms with Gasteiger partial charge < -0.3 is 10.4 Å². The topological polar surface area (TPSA) is 69.6 Å². The first-order chi connectivity index (χ1) is 8.38. The number of carbonyl (C=O) groups is 2. The molecule has 1 aromatic rings. The summed E-state index contributed by atoms with van der Waals surface area (Å²) in [6.07, 6.45) is 0. The van der Waals surface area contributed by atoms with Gasteiger partial charge in [-0.1, -0.05) is 0 Å². The number of carbonyl (C=O) groups excluding carboxylic acids is 1.